The number of thiazole rings is 1. The Bertz CT molecular complexity index is 1780. The second kappa shape index (κ2) is 11.5. The number of rotatable bonds is 9. The summed E-state index contributed by atoms with van der Waals surface area (Å²) in [6.45, 7) is 0. The molecule has 3 aromatic carbocycles. The van der Waals surface area contributed by atoms with Gasteiger partial charge in [-0.15, -0.1) is 11.3 Å². The van der Waals surface area contributed by atoms with E-state index in [1.807, 2.05) is 66.0 Å². The zero-order chi connectivity index (χ0) is 28.3. The van der Waals surface area contributed by atoms with Crippen molar-refractivity contribution in [1.82, 2.24) is 24.5 Å². The van der Waals surface area contributed by atoms with Crippen LogP contribution < -0.4 is 19.5 Å². The van der Waals surface area contributed by atoms with Crippen molar-refractivity contribution in [2.24, 2.45) is 0 Å². The summed E-state index contributed by atoms with van der Waals surface area (Å²) in [4.78, 5) is 13.8. The highest BCUT2D eigenvalue weighted by atomic mass is 35.5. The molecule has 3 heterocycles. The first-order chi connectivity index (χ1) is 20.0. The van der Waals surface area contributed by atoms with E-state index in [1.54, 1.807) is 21.3 Å². The van der Waals surface area contributed by atoms with Gasteiger partial charge in [-0.05, 0) is 48.5 Å². The molecule has 0 saturated carbocycles. The first-order valence-electron chi connectivity index (χ1n) is 12.1. The zero-order valence-electron chi connectivity index (χ0n) is 21.9. The van der Waals surface area contributed by atoms with Crippen LogP contribution in [0.2, 0.25) is 5.02 Å². The van der Waals surface area contributed by atoms with Crippen molar-refractivity contribution in [3.63, 3.8) is 0 Å². The number of halogens is 1. The van der Waals surface area contributed by atoms with E-state index in [4.69, 9.17) is 30.3 Å². The molecule has 13 heteroatoms. The highest BCUT2D eigenvalue weighted by molar-refractivity contribution is 7.13. The van der Waals surface area contributed by atoms with Crippen molar-refractivity contribution >= 4 is 45.3 Å². The number of nitrogens with zero attached hydrogens (tertiary/aromatic N) is 5. The maximum absolute atomic E-state index is 5.99. The van der Waals surface area contributed by atoms with Crippen molar-refractivity contribution in [1.29, 1.82) is 0 Å². The Hall–Kier alpha value is -4.52. The third-order valence-electron chi connectivity index (χ3n) is 6.00. The molecule has 6 rings (SSSR count). The highest BCUT2D eigenvalue weighted by Gasteiger charge is 2.18. The van der Waals surface area contributed by atoms with E-state index >= 15 is 0 Å². The lowest BCUT2D eigenvalue weighted by atomic mass is 10.1. The van der Waals surface area contributed by atoms with Gasteiger partial charge in [-0.3, -0.25) is 0 Å². The molecule has 0 amide bonds. The summed E-state index contributed by atoms with van der Waals surface area (Å²) in [5.74, 6) is 2.94. The van der Waals surface area contributed by atoms with Gasteiger partial charge in [-0.1, -0.05) is 28.9 Å². The summed E-state index contributed by atoms with van der Waals surface area (Å²) < 4.78 is 26.3. The molecular weight excluding hydrogens is 584 g/mol. The number of ether oxygens (including phenoxy) is 3. The minimum atomic E-state index is 0.362. The van der Waals surface area contributed by atoms with Gasteiger partial charge < -0.3 is 24.1 Å². The van der Waals surface area contributed by atoms with Crippen LogP contribution in [0.25, 0.3) is 44.9 Å². The lowest BCUT2D eigenvalue weighted by Crippen LogP contribution is -1.96. The molecule has 0 aliphatic rings. The standard InChI is InChI=1S/C28H21ClN6O4S2/c1-36-21-12-17(13-22(37-2)23(21)38-3)25-33-28(41-35-25)30-19-10-6-16(7-11-19)24-32-26(39-34-24)27-31-20(14-40-27)15-4-8-18(29)9-5-15/h4-14H,1-3H3,(H,30,33,35). The Morgan fingerprint density at radius 1 is 0.780 bits per heavy atom. The van der Waals surface area contributed by atoms with Crippen molar-refractivity contribution in [3.05, 3.63) is 71.1 Å². The molecule has 1 N–H and O–H groups in total. The monoisotopic (exact) mass is 604 g/mol. The topological polar surface area (TPSA) is 117 Å². The second-order valence-corrected chi connectivity index (χ2v) is 10.6. The number of benzene rings is 3. The van der Waals surface area contributed by atoms with Gasteiger partial charge in [0.15, 0.2) is 22.3 Å². The minimum Gasteiger partial charge on any atom is -0.493 e. The maximum Gasteiger partial charge on any atom is 0.287 e. The van der Waals surface area contributed by atoms with Gasteiger partial charge in [0.05, 0.1) is 27.0 Å². The normalized spacial score (nSPS) is 10.9. The molecule has 10 nitrogen and oxygen atoms in total. The van der Waals surface area contributed by atoms with Gasteiger partial charge in [0.25, 0.3) is 5.89 Å². The fraction of sp³-hybridized carbons (Fsp3) is 0.107. The fourth-order valence-electron chi connectivity index (χ4n) is 3.98. The molecule has 0 unspecified atom stereocenters. The summed E-state index contributed by atoms with van der Waals surface area (Å²) in [5, 5.41) is 11.3. The quantitative estimate of drug-likeness (QED) is 0.178. The molecule has 0 saturated heterocycles. The van der Waals surface area contributed by atoms with Crippen LogP contribution in [0.3, 0.4) is 0 Å². The highest BCUT2D eigenvalue weighted by Crippen LogP contribution is 2.41. The SMILES string of the molecule is COc1cc(-c2nsc(Nc3ccc(-c4noc(-c5nc(-c6ccc(Cl)cc6)cs5)n4)cc3)n2)cc(OC)c1OC. The molecule has 0 spiro atoms. The average molecular weight is 605 g/mol. The van der Waals surface area contributed by atoms with Crippen LogP contribution in [0.1, 0.15) is 0 Å². The molecule has 41 heavy (non-hydrogen) atoms. The lowest BCUT2D eigenvalue weighted by Gasteiger charge is -2.12. The molecular formula is C28H21ClN6O4S2. The van der Waals surface area contributed by atoms with E-state index in [2.05, 4.69) is 29.8 Å². The number of anilines is 2. The molecule has 0 bridgehead atoms. The Balaban J connectivity index is 1.15. The molecule has 0 radical (unpaired) electrons. The molecule has 0 atom stereocenters. The van der Waals surface area contributed by atoms with Crippen LogP contribution in [-0.2, 0) is 0 Å². The van der Waals surface area contributed by atoms with Crippen LogP contribution >= 0.6 is 34.5 Å². The van der Waals surface area contributed by atoms with Crippen molar-refractivity contribution in [2.75, 3.05) is 26.6 Å². The molecule has 3 aromatic heterocycles. The van der Waals surface area contributed by atoms with E-state index in [9.17, 15) is 0 Å². The third-order valence-corrected chi connectivity index (χ3v) is 7.71. The number of aromatic nitrogens is 5. The zero-order valence-corrected chi connectivity index (χ0v) is 24.3. The summed E-state index contributed by atoms with van der Waals surface area (Å²) in [5.41, 5.74) is 4.16. The number of hydrogen-bond acceptors (Lipinski definition) is 12. The molecule has 0 fully saturated rings. The van der Waals surface area contributed by atoms with Gasteiger partial charge in [0.1, 0.15) is 0 Å². The third kappa shape index (κ3) is 5.57. The van der Waals surface area contributed by atoms with Crippen LogP contribution in [0.15, 0.2) is 70.6 Å². The molecule has 0 aliphatic heterocycles. The van der Waals surface area contributed by atoms with E-state index in [-0.39, 0.29) is 0 Å². The Morgan fingerprint density at radius 2 is 1.49 bits per heavy atom. The van der Waals surface area contributed by atoms with Gasteiger partial charge in [0, 0.05) is 44.3 Å². The summed E-state index contributed by atoms with van der Waals surface area (Å²) in [6.07, 6.45) is 0. The smallest absolute Gasteiger partial charge is 0.287 e. The van der Waals surface area contributed by atoms with Crippen molar-refractivity contribution < 1.29 is 18.7 Å². The minimum absolute atomic E-state index is 0.362. The van der Waals surface area contributed by atoms with Crippen LogP contribution in [0, 0.1) is 0 Å². The van der Waals surface area contributed by atoms with Crippen LogP contribution in [0.4, 0.5) is 10.8 Å². The molecule has 206 valence electrons. The van der Waals surface area contributed by atoms with Crippen molar-refractivity contribution in [2.45, 2.75) is 0 Å². The lowest BCUT2D eigenvalue weighted by molar-refractivity contribution is 0.324. The number of nitrogens with one attached hydrogen (secondary N) is 1. The first kappa shape index (κ1) is 26.7. The fourth-order valence-corrected chi connectivity index (χ4v) is 5.46. The maximum atomic E-state index is 5.99. The predicted molar refractivity (Wildman–Crippen MR) is 160 cm³/mol. The van der Waals surface area contributed by atoms with Crippen LogP contribution in [0.5, 0.6) is 17.2 Å². The van der Waals surface area contributed by atoms with Crippen molar-refractivity contribution in [3.8, 4) is 62.2 Å². The van der Waals surface area contributed by atoms with Crippen LogP contribution in [-0.4, -0.2) is 45.8 Å². The first-order valence-corrected chi connectivity index (χ1v) is 14.1. The van der Waals surface area contributed by atoms with E-state index < -0.39 is 0 Å². The van der Waals surface area contributed by atoms with E-state index in [0.717, 1.165) is 28.1 Å². The average Bonchev–Trinajstić information content (AvgIpc) is 3.78. The Kier molecular flexibility index (Phi) is 7.51. The largest absolute Gasteiger partial charge is 0.493 e. The van der Waals surface area contributed by atoms with E-state index in [0.29, 0.717) is 49.9 Å². The Labute approximate surface area is 247 Å². The number of hydrogen-bond donors (Lipinski definition) is 1. The number of methoxy groups -OCH3 is 3. The molecule has 6 aromatic rings. The summed E-state index contributed by atoms with van der Waals surface area (Å²) >= 11 is 8.67. The Morgan fingerprint density at radius 3 is 2.17 bits per heavy atom. The van der Waals surface area contributed by atoms with Gasteiger partial charge >= 0.3 is 0 Å². The van der Waals surface area contributed by atoms with Gasteiger partial charge in [-0.2, -0.15) is 14.3 Å². The summed E-state index contributed by atoms with van der Waals surface area (Å²) in [6, 6.07) is 18.8. The summed E-state index contributed by atoms with van der Waals surface area (Å²) in [7, 11) is 4.70. The van der Waals surface area contributed by atoms with E-state index in [1.165, 1.54) is 22.9 Å². The van der Waals surface area contributed by atoms with Gasteiger partial charge in [-0.25, -0.2) is 4.98 Å². The molecule has 0 aliphatic carbocycles. The second-order valence-electron chi connectivity index (χ2n) is 8.51. The van der Waals surface area contributed by atoms with Gasteiger partial charge in [0.2, 0.25) is 16.7 Å². The predicted octanol–water partition coefficient (Wildman–Crippen LogP) is 7.47.